The molecule has 0 fully saturated rings. The molecular weight excluding hydrogens is 441 g/mol. The summed E-state index contributed by atoms with van der Waals surface area (Å²) in [6.45, 7) is 4.79. The van der Waals surface area contributed by atoms with Crippen LogP contribution in [0.4, 0.5) is 5.69 Å². The average Bonchev–Trinajstić information content (AvgIpc) is 2.63. The maximum absolute atomic E-state index is 12.3. The average molecular weight is 460 g/mol. The molecule has 2 rings (SSSR count). The third-order valence-corrected chi connectivity index (χ3v) is 5.67. The molecule has 156 valence electrons. The van der Waals surface area contributed by atoms with Gasteiger partial charge in [0.05, 0.1) is 9.92 Å². The Labute approximate surface area is 178 Å². The van der Waals surface area contributed by atoms with E-state index in [9.17, 15) is 18.0 Å². The number of carbonyl (C=O) groups is 2. The van der Waals surface area contributed by atoms with Crippen LogP contribution in [0.25, 0.3) is 0 Å². The third-order valence-electron chi connectivity index (χ3n) is 3.48. The summed E-state index contributed by atoms with van der Waals surface area (Å²) < 4.78 is 31.7. The van der Waals surface area contributed by atoms with E-state index in [1.807, 2.05) is 0 Å². The van der Waals surface area contributed by atoms with Gasteiger partial charge in [0.1, 0.15) is 5.15 Å². The van der Waals surface area contributed by atoms with E-state index in [0.29, 0.717) is 5.69 Å². The number of sulfonamides is 1. The summed E-state index contributed by atoms with van der Waals surface area (Å²) in [5.41, 5.74) is 0.131. The summed E-state index contributed by atoms with van der Waals surface area (Å²) in [6, 6.07) is 8.11. The molecule has 0 saturated carbocycles. The van der Waals surface area contributed by atoms with E-state index >= 15 is 0 Å². The highest BCUT2D eigenvalue weighted by atomic mass is 35.5. The van der Waals surface area contributed by atoms with E-state index in [2.05, 4.69) is 15.0 Å². The van der Waals surface area contributed by atoms with Gasteiger partial charge in [-0.3, -0.25) is 4.79 Å². The summed E-state index contributed by atoms with van der Waals surface area (Å²) >= 11 is 11.6. The standard InChI is InChI=1S/C18H19Cl2N3O5S/c1-10(2)23-29(26,27)13-6-4-12(5-7-13)21-17(24)11(3)28-18(25)16-14(19)8-9-15(20)22-16/h4-11,23H,1-3H3,(H,21,24). The van der Waals surface area contributed by atoms with Gasteiger partial charge in [-0.25, -0.2) is 22.9 Å². The van der Waals surface area contributed by atoms with Crippen molar-refractivity contribution >= 4 is 50.8 Å². The molecule has 0 aliphatic rings. The van der Waals surface area contributed by atoms with E-state index in [1.54, 1.807) is 13.8 Å². The van der Waals surface area contributed by atoms with Gasteiger partial charge in [0.25, 0.3) is 5.91 Å². The summed E-state index contributed by atoms with van der Waals surface area (Å²) in [5, 5.41) is 2.63. The van der Waals surface area contributed by atoms with Gasteiger partial charge in [-0.15, -0.1) is 0 Å². The Kier molecular flexibility index (Phi) is 7.59. The van der Waals surface area contributed by atoms with Gasteiger partial charge in [0.15, 0.2) is 11.8 Å². The lowest BCUT2D eigenvalue weighted by atomic mass is 10.3. The Morgan fingerprint density at radius 1 is 1.03 bits per heavy atom. The minimum absolute atomic E-state index is 0.0406. The van der Waals surface area contributed by atoms with Crippen LogP contribution in [0.1, 0.15) is 31.3 Å². The molecule has 0 aliphatic heterocycles. The predicted molar refractivity (Wildman–Crippen MR) is 110 cm³/mol. The number of hydrogen-bond acceptors (Lipinski definition) is 6. The highest BCUT2D eigenvalue weighted by Gasteiger charge is 2.22. The Balaban J connectivity index is 2.02. The van der Waals surface area contributed by atoms with Crippen LogP contribution in [0.15, 0.2) is 41.3 Å². The van der Waals surface area contributed by atoms with Gasteiger partial charge in [-0.1, -0.05) is 23.2 Å². The zero-order valence-electron chi connectivity index (χ0n) is 15.8. The second-order valence-electron chi connectivity index (χ2n) is 6.30. The van der Waals surface area contributed by atoms with Gasteiger partial charge in [0, 0.05) is 11.7 Å². The van der Waals surface area contributed by atoms with Crippen molar-refractivity contribution < 1.29 is 22.7 Å². The van der Waals surface area contributed by atoms with Gasteiger partial charge in [-0.2, -0.15) is 0 Å². The molecule has 1 heterocycles. The second-order valence-corrected chi connectivity index (χ2v) is 8.81. The minimum Gasteiger partial charge on any atom is -0.448 e. The number of pyridine rings is 1. The monoisotopic (exact) mass is 459 g/mol. The van der Waals surface area contributed by atoms with Gasteiger partial charge >= 0.3 is 5.97 Å². The van der Waals surface area contributed by atoms with Crippen molar-refractivity contribution in [2.24, 2.45) is 0 Å². The van der Waals surface area contributed by atoms with Crippen LogP contribution in [-0.2, 0) is 19.6 Å². The number of halogens is 2. The summed E-state index contributed by atoms with van der Waals surface area (Å²) in [5.74, 6) is -1.52. The van der Waals surface area contributed by atoms with Crippen molar-refractivity contribution in [3.05, 3.63) is 52.3 Å². The zero-order valence-corrected chi connectivity index (χ0v) is 18.1. The molecule has 29 heavy (non-hydrogen) atoms. The molecule has 2 aromatic rings. The number of carbonyl (C=O) groups excluding carboxylic acids is 2. The van der Waals surface area contributed by atoms with Crippen molar-refractivity contribution in [1.29, 1.82) is 0 Å². The van der Waals surface area contributed by atoms with Crippen LogP contribution in [0.3, 0.4) is 0 Å². The first kappa shape index (κ1) is 23.1. The first-order valence-corrected chi connectivity index (χ1v) is 10.7. The van der Waals surface area contributed by atoms with Crippen molar-refractivity contribution in [2.75, 3.05) is 5.32 Å². The molecule has 1 aromatic heterocycles. The molecule has 0 aliphatic carbocycles. The number of nitrogens with zero attached hydrogens (tertiary/aromatic N) is 1. The largest absolute Gasteiger partial charge is 0.448 e. The van der Waals surface area contributed by atoms with Crippen molar-refractivity contribution in [2.45, 2.75) is 37.8 Å². The molecule has 0 bridgehead atoms. The molecule has 1 atom stereocenters. The van der Waals surface area contributed by atoms with Crippen LogP contribution < -0.4 is 10.0 Å². The van der Waals surface area contributed by atoms with Crippen LogP contribution >= 0.6 is 23.2 Å². The maximum Gasteiger partial charge on any atom is 0.359 e. The predicted octanol–water partition coefficient (Wildman–Crippen LogP) is 3.26. The number of ether oxygens (including phenoxy) is 1. The molecule has 0 saturated heterocycles. The topological polar surface area (TPSA) is 114 Å². The molecule has 2 N–H and O–H groups in total. The van der Waals surface area contributed by atoms with E-state index in [4.69, 9.17) is 27.9 Å². The van der Waals surface area contributed by atoms with E-state index in [0.717, 1.165) is 0 Å². The fraction of sp³-hybridized carbons (Fsp3) is 0.278. The number of aromatic nitrogens is 1. The minimum atomic E-state index is -3.64. The van der Waals surface area contributed by atoms with Gasteiger partial charge in [0.2, 0.25) is 10.0 Å². The molecule has 0 spiro atoms. The number of rotatable bonds is 7. The summed E-state index contributed by atoms with van der Waals surface area (Å²) in [6.07, 6.45) is -1.16. The Bertz CT molecular complexity index is 1010. The summed E-state index contributed by atoms with van der Waals surface area (Å²) in [7, 11) is -3.64. The van der Waals surface area contributed by atoms with Gasteiger partial charge in [-0.05, 0) is 57.2 Å². The second kappa shape index (κ2) is 9.53. The number of hydrogen-bond donors (Lipinski definition) is 2. The lowest BCUT2D eigenvalue weighted by Crippen LogP contribution is -2.31. The highest BCUT2D eigenvalue weighted by molar-refractivity contribution is 7.89. The van der Waals surface area contributed by atoms with E-state index in [1.165, 1.54) is 43.3 Å². The van der Waals surface area contributed by atoms with Crippen LogP contribution in [-0.4, -0.2) is 37.4 Å². The first-order chi connectivity index (χ1) is 13.5. The fourth-order valence-corrected chi connectivity index (χ4v) is 3.75. The fourth-order valence-electron chi connectivity index (χ4n) is 2.17. The smallest absolute Gasteiger partial charge is 0.359 e. The van der Waals surface area contributed by atoms with Crippen molar-refractivity contribution in [1.82, 2.24) is 9.71 Å². The highest BCUT2D eigenvalue weighted by Crippen LogP contribution is 2.19. The Morgan fingerprint density at radius 2 is 1.66 bits per heavy atom. The Hall–Kier alpha value is -2.20. The molecule has 0 radical (unpaired) electrons. The number of benzene rings is 1. The van der Waals surface area contributed by atoms with E-state index < -0.39 is 28.0 Å². The number of amides is 1. The SMILES string of the molecule is CC(C)NS(=O)(=O)c1ccc(NC(=O)C(C)OC(=O)c2nc(Cl)ccc2Cl)cc1. The lowest BCUT2D eigenvalue weighted by Gasteiger charge is -2.14. The first-order valence-electron chi connectivity index (χ1n) is 8.46. The Morgan fingerprint density at radius 3 is 2.24 bits per heavy atom. The third kappa shape index (κ3) is 6.40. The lowest BCUT2D eigenvalue weighted by molar-refractivity contribution is -0.123. The molecule has 1 unspecified atom stereocenters. The van der Waals surface area contributed by atoms with Crippen LogP contribution in [0.2, 0.25) is 10.2 Å². The van der Waals surface area contributed by atoms with Gasteiger partial charge < -0.3 is 10.1 Å². The summed E-state index contributed by atoms with van der Waals surface area (Å²) in [4.78, 5) is 28.3. The molecule has 1 aromatic carbocycles. The molecule has 1 amide bonds. The van der Waals surface area contributed by atoms with E-state index in [-0.39, 0.29) is 26.8 Å². The molecule has 8 nitrogen and oxygen atoms in total. The molecular formula is C18H19Cl2N3O5S. The van der Waals surface area contributed by atoms with Crippen molar-refractivity contribution in [3.8, 4) is 0 Å². The van der Waals surface area contributed by atoms with Crippen LogP contribution in [0.5, 0.6) is 0 Å². The van der Waals surface area contributed by atoms with Crippen LogP contribution in [0, 0.1) is 0 Å². The zero-order chi connectivity index (χ0) is 21.8. The number of anilines is 1. The number of esters is 1. The quantitative estimate of drug-likeness (QED) is 0.484. The number of nitrogens with one attached hydrogen (secondary N) is 2. The normalized spacial score (nSPS) is 12.5. The molecule has 11 heteroatoms. The maximum atomic E-state index is 12.3. The van der Waals surface area contributed by atoms with Crippen molar-refractivity contribution in [3.63, 3.8) is 0 Å².